The maximum absolute atomic E-state index is 12.9. The highest BCUT2D eigenvalue weighted by Gasteiger charge is 2.66. The maximum Gasteiger partial charge on any atom is 0.235 e. The molecule has 0 radical (unpaired) electrons. The first-order chi connectivity index (χ1) is 11.1. The molecule has 1 saturated heterocycles. The summed E-state index contributed by atoms with van der Waals surface area (Å²) in [5.41, 5.74) is 0.700. The third kappa shape index (κ3) is 1.76. The molecular weight excluding hydrogens is 295 g/mol. The zero-order valence-electron chi connectivity index (χ0n) is 12.5. The Kier molecular flexibility index (Phi) is 2.56. The van der Waals surface area contributed by atoms with E-state index in [0.717, 1.165) is 0 Å². The maximum atomic E-state index is 12.9. The molecule has 0 spiro atoms. The number of likely N-dealkylation sites (tertiary alicyclic amines) is 1. The minimum Gasteiger partial charge on any atom is -0.367 e. The monoisotopic (exact) mass is 312 g/mol. The van der Waals surface area contributed by atoms with Crippen LogP contribution in [0, 0.1) is 41.3 Å². The summed E-state index contributed by atoms with van der Waals surface area (Å²) in [6.45, 7) is 0.158. The van der Waals surface area contributed by atoms with Gasteiger partial charge in [-0.2, -0.15) is 0 Å². The molecule has 1 aliphatic heterocycles. The number of carbonyl (C=O) groups excluding carboxylic acids is 2. The van der Waals surface area contributed by atoms with Gasteiger partial charge in [-0.3, -0.25) is 14.5 Å². The Labute approximate surface area is 133 Å². The predicted molar refractivity (Wildman–Crippen MR) is 81.4 cm³/mol. The average Bonchev–Trinajstić information content (AvgIpc) is 3.33. The third-order valence-corrected chi connectivity index (χ3v) is 6.04. The van der Waals surface area contributed by atoms with Gasteiger partial charge < -0.3 is 5.32 Å². The fourth-order valence-corrected chi connectivity index (χ4v) is 4.91. The minimum atomic E-state index is -0.309. The molecule has 4 nitrogen and oxygen atoms in total. The van der Waals surface area contributed by atoms with Gasteiger partial charge in [-0.05, 0) is 54.4 Å². The molecule has 5 heteroatoms. The number of benzene rings is 1. The van der Waals surface area contributed by atoms with Crippen LogP contribution in [0.2, 0.25) is 0 Å². The van der Waals surface area contributed by atoms with E-state index < -0.39 is 0 Å². The van der Waals surface area contributed by atoms with E-state index in [2.05, 4.69) is 17.5 Å². The molecule has 0 aromatic heterocycles. The minimum absolute atomic E-state index is 0.0423. The lowest BCUT2D eigenvalue weighted by Gasteiger charge is -2.37. The van der Waals surface area contributed by atoms with Gasteiger partial charge in [-0.25, -0.2) is 4.39 Å². The lowest BCUT2D eigenvalue weighted by Crippen LogP contribution is -2.40. The number of hydrogen-bond donors (Lipinski definition) is 1. The lowest BCUT2D eigenvalue weighted by molar-refractivity contribution is -0.139. The van der Waals surface area contributed by atoms with Crippen molar-refractivity contribution < 1.29 is 14.0 Å². The van der Waals surface area contributed by atoms with Gasteiger partial charge in [0.25, 0.3) is 0 Å². The zero-order chi connectivity index (χ0) is 15.7. The molecule has 23 heavy (non-hydrogen) atoms. The summed E-state index contributed by atoms with van der Waals surface area (Å²) >= 11 is 0. The highest BCUT2D eigenvalue weighted by Crippen LogP contribution is 2.65. The first-order valence-electron chi connectivity index (χ1n) is 8.18. The van der Waals surface area contributed by atoms with E-state index >= 15 is 0 Å². The van der Waals surface area contributed by atoms with Crippen LogP contribution in [0.4, 0.5) is 10.1 Å². The highest BCUT2D eigenvalue weighted by molar-refractivity contribution is 6.06. The molecule has 1 aromatic carbocycles. The van der Waals surface area contributed by atoms with Gasteiger partial charge in [0.2, 0.25) is 11.8 Å². The Hall–Kier alpha value is -2.17. The summed E-state index contributed by atoms with van der Waals surface area (Å²) in [4.78, 5) is 26.9. The largest absolute Gasteiger partial charge is 0.367 e. The van der Waals surface area contributed by atoms with Crippen molar-refractivity contribution >= 4 is 17.5 Å². The van der Waals surface area contributed by atoms with Crippen molar-refractivity contribution in [3.8, 4) is 0 Å². The molecule has 4 aliphatic carbocycles. The number of allylic oxidation sites excluding steroid dienone is 2. The van der Waals surface area contributed by atoms with Crippen LogP contribution in [0.5, 0.6) is 0 Å². The summed E-state index contributed by atoms with van der Waals surface area (Å²) in [5, 5.41) is 3.05. The van der Waals surface area contributed by atoms with E-state index in [1.54, 1.807) is 12.1 Å². The summed E-state index contributed by atoms with van der Waals surface area (Å²) < 4.78 is 12.9. The van der Waals surface area contributed by atoms with E-state index in [9.17, 15) is 14.0 Å². The summed E-state index contributed by atoms with van der Waals surface area (Å²) in [5.74, 6) is 1.04. The zero-order valence-corrected chi connectivity index (χ0v) is 12.5. The van der Waals surface area contributed by atoms with Crippen molar-refractivity contribution in [2.24, 2.45) is 35.5 Å². The van der Waals surface area contributed by atoms with Crippen LogP contribution in [0.15, 0.2) is 36.4 Å². The summed E-state index contributed by atoms with van der Waals surface area (Å²) in [6.07, 6.45) is 5.51. The van der Waals surface area contributed by atoms with Gasteiger partial charge in [0.1, 0.15) is 5.82 Å². The second-order valence-electron chi connectivity index (χ2n) is 7.10. The smallest absolute Gasteiger partial charge is 0.235 e. The van der Waals surface area contributed by atoms with Crippen LogP contribution < -0.4 is 5.32 Å². The van der Waals surface area contributed by atoms with Gasteiger partial charge in [0.05, 0.1) is 18.5 Å². The van der Waals surface area contributed by atoms with E-state index in [1.165, 1.54) is 23.5 Å². The van der Waals surface area contributed by atoms with E-state index in [-0.39, 0.29) is 48.0 Å². The quantitative estimate of drug-likeness (QED) is 0.688. The lowest BCUT2D eigenvalue weighted by atomic mass is 9.63. The molecule has 1 heterocycles. The molecule has 2 bridgehead atoms. The van der Waals surface area contributed by atoms with Crippen molar-refractivity contribution in [2.75, 3.05) is 12.0 Å². The van der Waals surface area contributed by atoms with E-state index in [0.29, 0.717) is 17.5 Å². The van der Waals surface area contributed by atoms with Gasteiger partial charge in [-0.1, -0.05) is 12.2 Å². The third-order valence-electron chi connectivity index (χ3n) is 6.04. The van der Waals surface area contributed by atoms with Gasteiger partial charge in [-0.15, -0.1) is 0 Å². The SMILES string of the molecule is O=C1[C@@H]2[C@H]3C=C[C@@H]([C@@H]4C[C@@H]34)[C@H]2C(=O)N1CNc1ccc(F)cc1. The first-order valence-corrected chi connectivity index (χ1v) is 8.18. The Bertz CT molecular complexity index is 693. The van der Waals surface area contributed by atoms with Crippen LogP contribution in [-0.4, -0.2) is 23.4 Å². The second-order valence-corrected chi connectivity index (χ2v) is 7.10. The van der Waals surface area contributed by atoms with Crippen molar-refractivity contribution in [3.05, 3.63) is 42.2 Å². The molecule has 6 rings (SSSR count). The molecule has 2 saturated carbocycles. The van der Waals surface area contributed by atoms with Crippen molar-refractivity contribution in [2.45, 2.75) is 6.42 Å². The van der Waals surface area contributed by atoms with Crippen LogP contribution in [-0.2, 0) is 9.59 Å². The molecular formula is C18H17FN2O2. The van der Waals surface area contributed by atoms with Crippen molar-refractivity contribution in [3.63, 3.8) is 0 Å². The Morgan fingerprint density at radius 3 is 2.13 bits per heavy atom. The highest BCUT2D eigenvalue weighted by atomic mass is 19.1. The number of hydrogen-bond acceptors (Lipinski definition) is 3. The first kappa shape index (κ1) is 13.3. The number of halogens is 1. The molecule has 6 atom stereocenters. The second kappa shape index (κ2) is 4.43. The van der Waals surface area contributed by atoms with Crippen molar-refractivity contribution in [1.82, 2.24) is 4.90 Å². The van der Waals surface area contributed by atoms with Crippen LogP contribution in [0.3, 0.4) is 0 Å². The van der Waals surface area contributed by atoms with Crippen molar-refractivity contribution in [1.29, 1.82) is 0 Å². The normalized spacial score (nSPS) is 39.4. The van der Waals surface area contributed by atoms with Gasteiger partial charge in [0.15, 0.2) is 0 Å². The van der Waals surface area contributed by atoms with Gasteiger partial charge in [0, 0.05) is 5.69 Å². The molecule has 1 N–H and O–H groups in total. The number of imide groups is 1. The van der Waals surface area contributed by atoms with E-state index in [4.69, 9.17) is 0 Å². The Morgan fingerprint density at radius 1 is 1.00 bits per heavy atom. The Morgan fingerprint density at radius 2 is 1.57 bits per heavy atom. The number of nitrogens with one attached hydrogen (secondary N) is 1. The predicted octanol–water partition coefficient (Wildman–Crippen LogP) is 2.25. The number of carbonyl (C=O) groups is 2. The van der Waals surface area contributed by atoms with Gasteiger partial charge >= 0.3 is 0 Å². The molecule has 5 aliphatic rings. The fourth-order valence-electron chi connectivity index (χ4n) is 4.91. The molecule has 118 valence electrons. The van der Waals surface area contributed by atoms with Crippen LogP contribution >= 0.6 is 0 Å². The molecule has 1 aromatic rings. The number of rotatable bonds is 3. The Balaban J connectivity index is 1.36. The number of nitrogens with zero attached hydrogens (tertiary/aromatic N) is 1. The number of amides is 2. The van der Waals surface area contributed by atoms with E-state index in [1.807, 2.05) is 0 Å². The molecule has 3 fully saturated rings. The summed E-state index contributed by atoms with van der Waals surface area (Å²) in [6, 6.07) is 5.92. The van der Waals surface area contributed by atoms with Crippen LogP contribution in [0.25, 0.3) is 0 Å². The average molecular weight is 312 g/mol. The van der Waals surface area contributed by atoms with Crippen LogP contribution in [0.1, 0.15) is 6.42 Å². The fraction of sp³-hybridized carbons (Fsp3) is 0.444. The topological polar surface area (TPSA) is 49.4 Å². The molecule has 2 amide bonds. The summed E-state index contributed by atoms with van der Waals surface area (Å²) in [7, 11) is 0. The number of anilines is 1. The standard InChI is InChI=1S/C18H17FN2O2/c19-9-1-3-10(4-2-9)20-8-21-17(22)15-11-5-6-12(14-7-13(11)14)16(15)18(21)23/h1-6,11-16,20H,7-8H2/t11-,12-,13-,14-,15+,16+/m0/s1. The molecule has 0 unspecified atom stereocenters.